The van der Waals surface area contributed by atoms with Crippen LogP contribution in [-0.2, 0) is 19.1 Å². The van der Waals surface area contributed by atoms with Gasteiger partial charge in [-0.1, -0.05) is 0 Å². The molecule has 0 aromatic rings. The molecule has 140 valence electrons. The third kappa shape index (κ3) is 3.58. The summed E-state index contributed by atoms with van der Waals surface area (Å²) < 4.78 is 11.0. The van der Waals surface area contributed by atoms with Gasteiger partial charge in [0.15, 0.2) is 0 Å². The van der Waals surface area contributed by atoms with Crippen LogP contribution in [-0.4, -0.2) is 71.8 Å². The SMILES string of the molecule is CC(C)(C)OC(=O)N1CCN(C(=O)C2C(C(=O)[O-])[C@H]3CC[C@@H]2O3)CC1. The Hall–Kier alpha value is -1.83. The molecule has 0 radical (unpaired) electrons. The monoisotopic (exact) mass is 353 g/mol. The molecule has 3 aliphatic rings. The van der Waals surface area contributed by atoms with Gasteiger partial charge in [0.1, 0.15) is 5.60 Å². The first-order valence-electron chi connectivity index (χ1n) is 8.80. The van der Waals surface area contributed by atoms with Gasteiger partial charge >= 0.3 is 6.09 Å². The quantitative estimate of drug-likeness (QED) is 0.670. The second-order valence-electron chi connectivity index (χ2n) is 7.95. The lowest BCUT2D eigenvalue weighted by Crippen LogP contribution is -2.55. The third-order valence-electron chi connectivity index (χ3n) is 5.07. The molecule has 3 rings (SSSR count). The molecular formula is C17H25N2O6-. The van der Waals surface area contributed by atoms with Gasteiger partial charge in [0.25, 0.3) is 0 Å². The molecule has 25 heavy (non-hydrogen) atoms. The van der Waals surface area contributed by atoms with Gasteiger partial charge in [0, 0.05) is 38.1 Å². The van der Waals surface area contributed by atoms with Crippen molar-refractivity contribution >= 4 is 18.0 Å². The number of fused-ring (bicyclic) bond motifs is 2. The Kier molecular flexibility index (Phi) is 4.66. The average molecular weight is 353 g/mol. The number of piperazine rings is 1. The first-order chi connectivity index (χ1) is 11.7. The molecule has 0 aromatic carbocycles. The van der Waals surface area contributed by atoms with E-state index in [1.165, 1.54) is 0 Å². The van der Waals surface area contributed by atoms with E-state index in [0.717, 1.165) is 0 Å². The molecule has 8 heteroatoms. The molecule has 2 amide bonds. The number of nitrogens with zero attached hydrogens (tertiary/aromatic N) is 2. The summed E-state index contributed by atoms with van der Waals surface area (Å²) in [6.07, 6.45) is 0.245. The lowest BCUT2D eigenvalue weighted by molar-refractivity contribution is -0.314. The van der Waals surface area contributed by atoms with Gasteiger partial charge < -0.3 is 29.2 Å². The van der Waals surface area contributed by atoms with Gasteiger partial charge in [-0.2, -0.15) is 0 Å². The van der Waals surface area contributed by atoms with Gasteiger partial charge in [-0.3, -0.25) is 4.79 Å². The maximum absolute atomic E-state index is 12.8. The highest BCUT2D eigenvalue weighted by Gasteiger charge is 2.53. The van der Waals surface area contributed by atoms with Crippen molar-refractivity contribution in [2.24, 2.45) is 11.8 Å². The summed E-state index contributed by atoms with van der Waals surface area (Å²) >= 11 is 0. The number of aliphatic carboxylic acids is 1. The summed E-state index contributed by atoms with van der Waals surface area (Å²) in [5, 5.41) is 11.4. The van der Waals surface area contributed by atoms with Crippen LogP contribution in [0.2, 0.25) is 0 Å². The Labute approximate surface area is 147 Å². The largest absolute Gasteiger partial charge is 0.550 e. The minimum absolute atomic E-state index is 0.203. The lowest BCUT2D eigenvalue weighted by atomic mass is 9.78. The van der Waals surface area contributed by atoms with Crippen LogP contribution in [0.15, 0.2) is 0 Å². The van der Waals surface area contributed by atoms with E-state index in [-0.39, 0.29) is 12.0 Å². The number of carbonyl (C=O) groups is 3. The van der Waals surface area contributed by atoms with Crippen LogP contribution in [0.3, 0.4) is 0 Å². The maximum atomic E-state index is 12.8. The molecule has 8 nitrogen and oxygen atoms in total. The minimum Gasteiger partial charge on any atom is -0.550 e. The van der Waals surface area contributed by atoms with Crippen molar-refractivity contribution in [3.63, 3.8) is 0 Å². The fraction of sp³-hybridized carbons (Fsp3) is 0.824. The van der Waals surface area contributed by atoms with Crippen molar-refractivity contribution in [2.75, 3.05) is 26.2 Å². The Balaban J connectivity index is 1.59. The van der Waals surface area contributed by atoms with Crippen molar-refractivity contribution in [1.82, 2.24) is 9.80 Å². The van der Waals surface area contributed by atoms with E-state index in [1.807, 2.05) is 0 Å². The zero-order valence-corrected chi connectivity index (χ0v) is 14.9. The summed E-state index contributed by atoms with van der Waals surface area (Å²) in [6, 6.07) is 0. The number of ether oxygens (including phenoxy) is 2. The van der Waals surface area contributed by atoms with Gasteiger partial charge in [-0.15, -0.1) is 0 Å². The van der Waals surface area contributed by atoms with E-state index in [2.05, 4.69) is 0 Å². The summed E-state index contributed by atoms with van der Waals surface area (Å²) in [5.74, 6) is -2.95. The highest BCUT2D eigenvalue weighted by molar-refractivity contribution is 5.86. The van der Waals surface area contributed by atoms with Crippen molar-refractivity contribution in [3.8, 4) is 0 Å². The fourth-order valence-corrected chi connectivity index (χ4v) is 3.94. The normalized spacial score (nSPS) is 32.0. The third-order valence-corrected chi connectivity index (χ3v) is 5.07. The fourth-order valence-electron chi connectivity index (χ4n) is 3.94. The predicted octanol–water partition coefficient (Wildman–Crippen LogP) is -0.391. The number of carboxylic acid groups (broad SMARTS) is 1. The predicted molar refractivity (Wildman–Crippen MR) is 84.3 cm³/mol. The molecule has 3 saturated heterocycles. The number of rotatable bonds is 2. The van der Waals surface area contributed by atoms with E-state index in [4.69, 9.17) is 9.47 Å². The maximum Gasteiger partial charge on any atom is 0.410 e. The van der Waals surface area contributed by atoms with Crippen LogP contribution in [0, 0.1) is 11.8 Å². The highest BCUT2D eigenvalue weighted by atomic mass is 16.6. The highest BCUT2D eigenvalue weighted by Crippen LogP contribution is 2.44. The minimum atomic E-state index is -1.21. The Morgan fingerprint density at radius 1 is 0.960 bits per heavy atom. The standard InChI is InChI=1S/C17H26N2O6/c1-17(2,3)25-16(23)19-8-6-18(7-9-19)14(20)12-10-4-5-11(24-10)13(12)15(21)22/h10-13H,4-9H2,1-3H3,(H,21,22)/p-1/t10-,11+,12?,13?/m0/s1. The van der Waals surface area contributed by atoms with Crippen LogP contribution in [0.1, 0.15) is 33.6 Å². The number of hydrogen-bond donors (Lipinski definition) is 0. The summed E-state index contributed by atoms with van der Waals surface area (Å²) in [4.78, 5) is 39.6. The summed E-state index contributed by atoms with van der Waals surface area (Å²) in [6.45, 7) is 6.90. The zero-order chi connectivity index (χ0) is 18.4. The van der Waals surface area contributed by atoms with E-state index >= 15 is 0 Å². The van der Waals surface area contributed by atoms with Gasteiger partial charge in [-0.25, -0.2) is 4.79 Å². The molecule has 4 atom stereocenters. The van der Waals surface area contributed by atoms with Crippen molar-refractivity contribution < 1.29 is 29.0 Å². The number of hydrogen-bond acceptors (Lipinski definition) is 6. The van der Waals surface area contributed by atoms with Gasteiger partial charge in [0.2, 0.25) is 5.91 Å². The molecule has 3 fully saturated rings. The second kappa shape index (κ2) is 6.48. The molecule has 2 bridgehead atoms. The molecule has 3 aliphatic heterocycles. The first-order valence-corrected chi connectivity index (χ1v) is 8.80. The van der Waals surface area contributed by atoms with Gasteiger partial charge in [-0.05, 0) is 33.6 Å². The molecule has 2 unspecified atom stereocenters. The number of amides is 2. The van der Waals surface area contributed by atoms with E-state index in [9.17, 15) is 19.5 Å². The molecule has 0 N–H and O–H groups in total. The van der Waals surface area contributed by atoms with Crippen molar-refractivity contribution in [1.29, 1.82) is 0 Å². The Morgan fingerprint density at radius 2 is 1.48 bits per heavy atom. The molecule has 0 aromatic heterocycles. The van der Waals surface area contributed by atoms with Crippen molar-refractivity contribution in [3.05, 3.63) is 0 Å². The Morgan fingerprint density at radius 3 is 2.00 bits per heavy atom. The number of carboxylic acids is 1. The lowest BCUT2D eigenvalue weighted by Gasteiger charge is -2.38. The van der Waals surface area contributed by atoms with Gasteiger partial charge in [0.05, 0.1) is 18.1 Å². The Bertz CT molecular complexity index is 564. The van der Waals surface area contributed by atoms with Crippen LogP contribution >= 0.6 is 0 Å². The molecule has 0 spiro atoms. The van der Waals surface area contributed by atoms with Crippen LogP contribution in [0.25, 0.3) is 0 Å². The van der Waals surface area contributed by atoms with Crippen LogP contribution in [0.5, 0.6) is 0 Å². The molecule has 3 heterocycles. The van der Waals surface area contributed by atoms with E-state index < -0.39 is 35.6 Å². The average Bonchev–Trinajstić information content (AvgIpc) is 3.13. The molecule has 0 saturated carbocycles. The second-order valence-corrected chi connectivity index (χ2v) is 7.95. The van der Waals surface area contributed by atoms with E-state index in [0.29, 0.717) is 39.0 Å². The van der Waals surface area contributed by atoms with Crippen LogP contribution in [0.4, 0.5) is 4.79 Å². The van der Waals surface area contributed by atoms with Crippen molar-refractivity contribution in [2.45, 2.75) is 51.4 Å². The smallest absolute Gasteiger partial charge is 0.410 e. The number of carbonyl (C=O) groups excluding carboxylic acids is 3. The zero-order valence-electron chi connectivity index (χ0n) is 14.9. The van der Waals surface area contributed by atoms with E-state index in [1.54, 1.807) is 30.6 Å². The molecule has 0 aliphatic carbocycles. The van der Waals surface area contributed by atoms with Crippen LogP contribution < -0.4 is 5.11 Å². The topological polar surface area (TPSA) is 99.2 Å². The molecular weight excluding hydrogens is 328 g/mol. The summed E-state index contributed by atoms with van der Waals surface area (Å²) in [7, 11) is 0. The first kappa shape index (κ1) is 18.0. The summed E-state index contributed by atoms with van der Waals surface area (Å²) in [5.41, 5.74) is -0.563.